The van der Waals surface area contributed by atoms with Crippen LogP contribution in [0.25, 0.3) is 45.0 Å². The molecule has 2 N–H and O–H groups in total. The van der Waals surface area contributed by atoms with Gasteiger partial charge in [0.2, 0.25) is 0 Å². The summed E-state index contributed by atoms with van der Waals surface area (Å²) >= 11 is 0. The maximum Gasteiger partial charge on any atom is 0.322 e. The zero-order chi connectivity index (χ0) is 26.5. The van der Waals surface area contributed by atoms with Crippen LogP contribution in [-0.2, 0) is 11.3 Å². The lowest BCUT2D eigenvalue weighted by Gasteiger charge is -2.17. The number of anilines is 1. The largest absolute Gasteiger partial charge is 0.480 e. The van der Waals surface area contributed by atoms with Crippen LogP contribution in [0.5, 0.6) is 0 Å². The Morgan fingerprint density at radius 1 is 0.795 bits per heavy atom. The highest BCUT2D eigenvalue weighted by atomic mass is 16.4. The number of carbonyl (C=O) groups is 1. The average Bonchev–Trinajstić information content (AvgIpc) is 3.31. The molecule has 0 atom stereocenters. The molecule has 0 fully saturated rings. The molecular weight excluding hydrogens is 482 g/mol. The first-order valence-electron chi connectivity index (χ1n) is 12.9. The van der Waals surface area contributed by atoms with Gasteiger partial charge in [-0.25, -0.2) is 4.98 Å². The molecule has 0 saturated carbocycles. The maximum atomic E-state index is 11.1. The van der Waals surface area contributed by atoms with E-state index >= 15 is 0 Å². The number of carboxylic acid groups (broad SMARTS) is 1. The lowest BCUT2D eigenvalue weighted by molar-refractivity contribution is -0.134. The molecule has 1 heterocycles. The van der Waals surface area contributed by atoms with Crippen LogP contribution >= 0.6 is 0 Å². The highest BCUT2D eigenvalue weighted by Crippen LogP contribution is 2.40. The Balaban J connectivity index is 0.00000353. The van der Waals surface area contributed by atoms with Crippen molar-refractivity contribution in [3.05, 3.63) is 109 Å². The molecule has 0 saturated heterocycles. The SMILES string of the molecule is C.CC(C)Cn1c(-c2ccccc2-c2cccc(NCC(=O)O)c2)nc(-c2ccccc2)c1-c1ccccc1. The lowest BCUT2D eigenvalue weighted by Crippen LogP contribution is -2.12. The van der Waals surface area contributed by atoms with Gasteiger partial charge < -0.3 is 15.0 Å². The van der Waals surface area contributed by atoms with Gasteiger partial charge in [-0.2, -0.15) is 0 Å². The number of carboxylic acids is 1. The molecule has 0 bridgehead atoms. The lowest BCUT2D eigenvalue weighted by atomic mass is 9.98. The molecule has 1 aromatic heterocycles. The Hall–Kier alpha value is -4.64. The Labute approximate surface area is 230 Å². The van der Waals surface area contributed by atoms with E-state index in [0.717, 1.165) is 57.3 Å². The zero-order valence-corrected chi connectivity index (χ0v) is 21.6. The summed E-state index contributed by atoms with van der Waals surface area (Å²) in [6.45, 7) is 5.13. The highest BCUT2D eigenvalue weighted by Gasteiger charge is 2.23. The summed E-state index contributed by atoms with van der Waals surface area (Å²) in [4.78, 5) is 16.4. The summed E-state index contributed by atoms with van der Waals surface area (Å²) in [6, 6.07) is 37.0. The summed E-state index contributed by atoms with van der Waals surface area (Å²) in [6.07, 6.45) is 0. The molecule has 0 radical (unpaired) electrons. The fraction of sp³-hybridized carbons (Fsp3) is 0.176. The number of hydrogen-bond donors (Lipinski definition) is 2. The monoisotopic (exact) mass is 517 g/mol. The van der Waals surface area contributed by atoms with E-state index in [-0.39, 0.29) is 14.0 Å². The number of aromatic nitrogens is 2. The molecule has 39 heavy (non-hydrogen) atoms. The molecule has 0 unspecified atom stereocenters. The van der Waals surface area contributed by atoms with Crippen molar-refractivity contribution in [2.24, 2.45) is 5.92 Å². The van der Waals surface area contributed by atoms with E-state index in [9.17, 15) is 4.79 Å². The first kappa shape index (κ1) is 27.4. The van der Waals surface area contributed by atoms with Crippen LogP contribution in [0, 0.1) is 5.92 Å². The van der Waals surface area contributed by atoms with Crippen LogP contribution in [0.1, 0.15) is 21.3 Å². The van der Waals surface area contributed by atoms with Gasteiger partial charge in [0.1, 0.15) is 12.4 Å². The Bertz CT molecular complexity index is 1540. The second-order valence-corrected chi connectivity index (χ2v) is 9.74. The second kappa shape index (κ2) is 12.3. The van der Waals surface area contributed by atoms with Crippen molar-refractivity contribution in [1.82, 2.24) is 9.55 Å². The van der Waals surface area contributed by atoms with Crippen LogP contribution in [0.3, 0.4) is 0 Å². The van der Waals surface area contributed by atoms with Gasteiger partial charge >= 0.3 is 5.97 Å². The number of nitrogens with one attached hydrogen (secondary N) is 1. The third kappa shape index (κ3) is 6.10. The number of hydrogen-bond acceptors (Lipinski definition) is 3. The Morgan fingerprint density at radius 2 is 1.38 bits per heavy atom. The van der Waals surface area contributed by atoms with Crippen molar-refractivity contribution in [3.8, 4) is 45.0 Å². The van der Waals surface area contributed by atoms with Gasteiger partial charge in [0.15, 0.2) is 0 Å². The summed E-state index contributed by atoms with van der Waals surface area (Å²) in [5.74, 6) is 0.425. The van der Waals surface area contributed by atoms with E-state index in [1.807, 2.05) is 42.5 Å². The number of benzene rings is 4. The third-order valence-corrected chi connectivity index (χ3v) is 6.40. The predicted octanol–water partition coefficient (Wildman–Crippen LogP) is 8.34. The van der Waals surface area contributed by atoms with Crippen molar-refractivity contribution >= 4 is 11.7 Å². The molecule has 0 spiro atoms. The van der Waals surface area contributed by atoms with Gasteiger partial charge in [-0.05, 0) is 29.2 Å². The quantitative estimate of drug-likeness (QED) is 0.206. The van der Waals surface area contributed by atoms with Crippen molar-refractivity contribution < 1.29 is 9.90 Å². The van der Waals surface area contributed by atoms with E-state index in [2.05, 4.69) is 90.5 Å². The maximum absolute atomic E-state index is 11.1. The van der Waals surface area contributed by atoms with Gasteiger partial charge in [0.05, 0.1) is 11.4 Å². The number of aliphatic carboxylic acids is 1. The standard InChI is InChI=1S/C33H31N3O2.CH4/c1-23(2)22-36-32(25-14-7-4-8-15-25)31(24-12-5-3-6-13-24)35-33(36)29-19-10-9-18-28(29)26-16-11-17-27(20-26)34-21-30(37)38;/h3-20,23,34H,21-22H2,1-2H3,(H,37,38);1H4. The van der Waals surface area contributed by atoms with E-state index in [4.69, 9.17) is 10.1 Å². The summed E-state index contributed by atoms with van der Waals surface area (Å²) < 4.78 is 2.35. The zero-order valence-electron chi connectivity index (χ0n) is 21.6. The van der Waals surface area contributed by atoms with Gasteiger partial charge in [-0.15, -0.1) is 0 Å². The van der Waals surface area contributed by atoms with E-state index in [1.165, 1.54) is 0 Å². The van der Waals surface area contributed by atoms with Crippen LogP contribution < -0.4 is 5.32 Å². The molecule has 5 nitrogen and oxygen atoms in total. The summed E-state index contributed by atoms with van der Waals surface area (Å²) in [5, 5.41) is 12.1. The molecule has 0 aliphatic rings. The first-order valence-corrected chi connectivity index (χ1v) is 12.9. The average molecular weight is 518 g/mol. The minimum Gasteiger partial charge on any atom is -0.480 e. The van der Waals surface area contributed by atoms with Gasteiger partial charge in [-0.1, -0.05) is 118 Å². The molecule has 0 aliphatic heterocycles. The molecule has 0 amide bonds. The molecule has 198 valence electrons. The van der Waals surface area contributed by atoms with E-state index < -0.39 is 5.97 Å². The molecule has 5 heteroatoms. The second-order valence-electron chi connectivity index (χ2n) is 9.74. The molecular formula is C34H35N3O2. The minimum atomic E-state index is -0.895. The third-order valence-electron chi connectivity index (χ3n) is 6.40. The van der Waals surface area contributed by atoms with Gasteiger partial charge in [0.25, 0.3) is 0 Å². The molecule has 5 rings (SSSR count). The van der Waals surface area contributed by atoms with E-state index in [0.29, 0.717) is 5.92 Å². The van der Waals surface area contributed by atoms with E-state index in [1.54, 1.807) is 0 Å². The minimum absolute atomic E-state index is 0. The van der Waals surface area contributed by atoms with Crippen molar-refractivity contribution in [2.75, 3.05) is 11.9 Å². The number of nitrogens with zero attached hydrogens (tertiary/aromatic N) is 2. The summed E-state index contributed by atoms with van der Waals surface area (Å²) in [5.41, 5.74) is 8.10. The molecule has 4 aromatic carbocycles. The number of imidazole rings is 1. The Morgan fingerprint density at radius 3 is 2.03 bits per heavy atom. The molecule has 5 aromatic rings. The van der Waals surface area contributed by atoms with Gasteiger partial charge in [-0.3, -0.25) is 4.79 Å². The fourth-order valence-corrected chi connectivity index (χ4v) is 4.79. The van der Waals surface area contributed by atoms with Gasteiger partial charge in [0, 0.05) is 28.9 Å². The summed E-state index contributed by atoms with van der Waals surface area (Å²) in [7, 11) is 0. The van der Waals surface area contributed by atoms with Crippen LogP contribution in [-0.4, -0.2) is 27.2 Å². The normalized spacial score (nSPS) is 10.7. The first-order chi connectivity index (χ1) is 18.5. The Kier molecular flexibility index (Phi) is 8.62. The number of rotatable bonds is 9. The smallest absolute Gasteiger partial charge is 0.322 e. The van der Waals surface area contributed by atoms with Crippen LogP contribution in [0.2, 0.25) is 0 Å². The molecule has 0 aliphatic carbocycles. The highest BCUT2D eigenvalue weighted by molar-refractivity contribution is 5.87. The van der Waals surface area contributed by atoms with Crippen molar-refractivity contribution in [1.29, 1.82) is 0 Å². The van der Waals surface area contributed by atoms with Crippen LogP contribution in [0.4, 0.5) is 5.69 Å². The topological polar surface area (TPSA) is 67.2 Å². The van der Waals surface area contributed by atoms with Crippen LogP contribution in [0.15, 0.2) is 109 Å². The van der Waals surface area contributed by atoms with Crippen molar-refractivity contribution in [2.45, 2.75) is 27.8 Å². The fourth-order valence-electron chi connectivity index (χ4n) is 4.79. The van der Waals surface area contributed by atoms with Crippen molar-refractivity contribution in [3.63, 3.8) is 0 Å². The predicted molar refractivity (Wildman–Crippen MR) is 162 cm³/mol.